The highest BCUT2D eigenvalue weighted by Crippen LogP contribution is 2.23. The molecule has 2 aromatic heterocycles. The molecular formula is C12H10N4O. The summed E-state index contributed by atoms with van der Waals surface area (Å²) in [6, 6.07) is 5.87. The van der Waals surface area contributed by atoms with E-state index in [0.717, 1.165) is 28.6 Å². The molecule has 0 aliphatic heterocycles. The maximum atomic E-state index is 10.8. The molecule has 0 saturated carbocycles. The molecule has 1 N–H and O–H groups in total. The smallest absolute Gasteiger partial charge is 0.153 e. The van der Waals surface area contributed by atoms with Gasteiger partial charge in [-0.05, 0) is 12.1 Å². The lowest BCUT2D eigenvalue weighted by molar-refractivity contribution is 0.112. The number of imidazole rings is 1. The molecule has 17 heavy (non-hydrogen) atoms. The Morgan fingerprint density at radius 2 is 2.29 bits per heavy atom. The van der Waals surface area contributed by atoms with Gasteiger partial charge in [-0.3, -0.25) is 9.89 Å². The number of aromatic amines is 1. The minimum atomic E-state index is 0.556. The first kappa shape index (κ1) is 9.77. The van der Waals surface area contributed by atoms with Gasteiger partial charge in [-0.15, -0.1) is 0 Å². The Bertz CT molecular complexity index is 695. The Morgan fingerprint density at radius 1 is 1.41 bits per heavy atom. The molecule has 0 unspecified atom stereocenters. The molecule has 2 heterocycles. The van der Waals surface area contributed by atoms with Crippen molar-refractivity contribution >= 4 is 17.3 Å². The van der Waals surface area contributed by atoms with Crippen LogP contribution in [0.1, 0.15) is 10.4 Å². The molecule has 1 aromatic carbocycles. The molecule has 0 atom stereocenters. The lowest BCUT2D eigenvalue weighted by Gasteiger charge is -2.00. The maximum Gasteiger partial charge on any atom is 0.153 e. The third kappa shape index (κ3) is 1.44. The Balaban J connectivity index is 2.21. The molecule has 0 radical (unpaired) electrons. The molecule has 0 fully saturated rings. The lowest BCUT2D eigenvalue weighted by Crippen LogP contribution is -1.86. The van der Waals surface area contributed by atoms with E-state index >= 15 is 0 Å². The number of nitrogens with zero attached hydrogens (tertiary/aromatic N) is 3. The number of carbonyl (C=O) groups excluding carboxylic acids is 1. The molecule has 5 heteroatoms. The van der Waals surface area contributed by atoms with Crippen molar-refractivity contribution in [1.29, 1.82) is 0 Å². The first-order valence-corrected chi connectivity index (χ1v) is 5.19. The first-order chi connectivity index (χ1) is 8.29. The Kier molecular flexibility index (Phi) is 2.04. The van der Waals surface area contributed by atoms with Crippen LogP contribution in [0.3, 0.4) is 0 Å². The predicted octanol–water partition coefficient (Wildman–Crippen LogP) is 1.78. The number of rotatable bonds is 2. The van der Waals surface area contributed by atoms with Gasteiger partial charge in [0.15, 0.2) is 6.29 Å². The van der Waals surface area contributed by atoms with Crippen molar-refractivity contribution in [1.82, 2.24) is 19.7 Å². The average Bonchev–Trinajstić information content (AvgIpc) is 2.96. The van der Waals surface area contributed by atoms with Crippen LogP contribution >= 0.6 is 0 Å². The van der Waals surface area contributed by atoms with Gasteiger partial charge in [-0.1, -0.05) is 6.07 Å². The largest absolute Gasteiger partial charge is 0.334 e. The number of carbonyl (C=O) groups is 1. The van der Waals surface area contributed by atoms with Crippen LogP contribution in [0.2, 0.25) is 0 Å². The number of aryl methyl sites for hydroxylation is 1. The molecular weight excluding hydrogens is 216 g/mol. The summed E-state index contributed by atoms with van der Waals surface area (Å²) in [5.74, 6) is 0. The average molecular weight is 226 g/mol. The summed E-state index contributed by atoms with van der Waals surface area (Å²) in [7, 11) is 1.95. The van der Waals surface area contributed by atoms with E-state index in [1.54, 1.807) is 6.33 Å². The second kappa shape index (κ2) is 3.55. The minimum Gasteiger partial charge on any atom is -0.334 e. The van der Waals surface area contributed by atoms with Gasteiger partial charge >= 0.3 is 0 Å². The molecule has 3 rings (SSSR count). The van der Waals surface area contributed by atoms with Crippen LogP contribution in [0.5, 0.6) is 0 Å². The third-order valence-corrected chi connectivity index (χ3v) is 2.81. The quantitative estimate of drug-likeness (QED) is 0.677. The highest BCUT2D eigenvalue weighted by atomic mass is 16.1. The number of hydrogen-bond donors (Lipinski definition) is 1. The van der Waals surface area contributed by atoms with Gasteiger partial charge < -0.3 is 4.57 Å². The monoisotopic (exact) mass is 226 g/mol. The minimum absolute atomic E-state index is 0.556. The van der Waals surface area contributed by atoms with Gasteiger partial charge in [0.25, 0.3) is 0 Å². The van der Waals surface area contributed by atoms with E-state index in [2.05, 4.69) is 15.2 Å². The van der Waals surface area contributed by atoms with Crippen LogP contribution in [0, 0.1) is 0 Å². The summed E-state index contributed by atoms with van der Waals surface area (Å²) in [6.07, 6.45) is 4.08. The van der Waals surface area contributed by atoms with E-state index in [1.165, 1.54) is 6.20 Å². The summed E-state index contributed by atoms with van der Waals surface area (Å²) in [4.78, 5) is 15.1. The van der Waals surface area contributed by atoms with Crippen LogP contribution in [0.15, 0.2) is 30.7 Å². The molecule has 5 nitrogen and oxygen atoms in total. The van der Waals surface area contributed by atoms with E-state index in [0.29, 0.717) is 5.56 Å². The van der Waals surface area contributed by atoms with Crippen molar-refractivity contribution in [3.05, 3.63) is 36.3 Å². The Morgan fingerprint density at radius 3 is 3.12 bits per heavy atom. The second-order valence-corrected chi connectivity index (χ2v) is 3.88. The van der Waals surface area contributed by atoms with E-state index < -0.39 is 0 Å². The van der Waals surface area contributed by atoms with Crippen molar-refractivity contribution in [3.8, 4) is 11.3 Å². The zero-order valence-corrected chi connectivity index (χ0v) is 9.21. The van der Waals surface area contributed by atoms with Gasteiger partial charge in [-0.2, -0.15) is 5.10 Å². The molecule has 0 aliphatic rings. The molecule has 0 bridgehead atoms. The van der Waals surface area contributed by atoms with E-state index in [9.17, 15) is 4.79 Å². The van der Waals surface area contributed by atoms with Crippen LogP contribution in [-0.2, 0) is 7.05 Å². The summed E-state index contributed by atoms with van der Waals surface area (Å²) < 4.78 is 1.95. The van der Waals surface area contributed by atoms with Crippen molar-refractivity contribution in [2.45, 2.75) is 0 Å². The highest BCUT2D eigenvalue weighted by Gasteiger charge is 2.08. The molecule has 0 saturated heterocycles. The number of aromatic nitrogens is 4. The van der Waals surface area contributed by atoms with Gasteiger partial charge in [0, 0.05) is 12.6 Å². The zero-order valence-electron chi connectivity index (χ0n) is 9.21. The zero-order chi connectivity index (χ0) is 11.8. The Hall–Kier alpha value is -2.43. The summed E-state index contributed by atoms with van der Waals surface area (Å²) >= 11 is 0. The second-order valence-electron chi connectivity index (χ2n) is 3.88. The lowest BCUT2D eigenvalue weighted by atomic mass is 10.1. The van der Waals surface area contributed by atoms with Gasteiger partial charge in [0.1, 0.15) is 0 Å². The standard InChI is InChI=1S/C12H10N4O/c1-16-7-13-10-4-8(2-3-11(10)16)12-9(6-17)5-14-15-12/h2-7H,1H3,(H,14,15). The number of benzene rings is 1. The number of H-pyrrole nitrogens is 1. The topological polar surface area (TPSA) is 63.6 Å². The number of hydrogen-bond acceptors (Lipinski definition) is 3. The van der Waals surface area contributed by atoms with Crippen molar-refractivity contribution in [2.24, 2.45) is 7.05 Å². The molecule has 0 spiro atoms. The normalized spacial score (nSPS) is 10.9. The van der Waals surface area contributed by atoms with Gasteiger partial charge in [0.05, 0.1) is 34.8 Å². The fourth-order valence-corrected chi connectivity index (χ4v) is 1.91. The highest BCUT2D eigenvalue weighted by molar-refractivity contribution is 5.88. The number of fused-ring (bicyclic) bond motifs is 1. The fraction of sp³-hybridized carbons (Fsp3) is 0.0833. The number of nitrogens with one attached hydrogen (secondary N) is 1. The first-order valence-electron chi connectivity index (χ1n) is 5.19. The van der Waals surface area contributed by atoms with Crippen molar-refractivity contribution in [2.75, 3.05) is 0 Å². The van der Waals surface area contributed by atoms with Crippen LogP contribution < -0.4 is 0 Å². The number of aldehydes is 1. The summed E-state index contributed by atoms with van der Waals surface area (Å²) in [5, 5.41) is 6.70. The van der Waals surface area contributed by atoms with Gasteiger partial charge in [0.2, 0.25) is 0 Å². The van der Waals surface area contributed by atoms with E-state index in [1.807, 2.05) is 29.8 Å². The summed E-state index contributed by atoms with van der Waals surface area (Å²) in [6.45, 7) is 0. The van der Waals surface area contributed by atoms with E-state index in [-0.39, 0.29) is 0 Å². The molecule has 3 aromatic rings. The van der Waals surface area contributed by atoms with Gasteiger partial charge in [-0.25, -0.2) is 4.98 Å². The fourth-order valence-electron chi connectivity index (χ4n) is 1.91. The molecule has 0 amide bonds. The van der Waals surface area contributed by atoms with Crippen LogP contribution in [-0.4, -0.2) is 26.0 Å². The maximum absolute atomic E-state index is 10.8. The Labute approximate surface area is 97.1 Å². The SMILES string of the molecule is Cn1cnc2cc(-c3[nH]ncc3C=O)ccc21. The predicted molar refractivity (Wildman–Crippen MR) is 63.7 cm³/mol. The molecule has 0 aliphatic carbocycles. The van der Waals surface area contributed by atoms with Crippen LogP contribution in [0.25, 0.3) is 22.3 Å². The molecule has 84 valence electrons. The van der Waals surface area contributed by atoms with Crippen molar-refractivity contribution in [3.63, 3.8) is 0 Å². The van der Waals surface area contributed by atoms with Crippen molar-refractivity contribution < 1.29 is 4.79 Å². The third-order valence-electron chi connectivity index (χ3n) is 2.81. The van der Waals surface area contributed by atoms with E-state index in [4.69, 9.17) is 0 Å². The van der Waals surface area contributed by atoms with Crippen LogP contribution in [0.4, 0.5) is 0 Å². The summed E-state index contributed by atoms with van der Waals surface area (Å²) in [5.41, 5.74) is 4.15.